The number of piperidine rings is 1. The fourth-order valence-electron chi connectivity index (χ4n) is 4.80. The van der Waals surface area contributed by atoms with E-state index in [2.05, 4.69) is 27.2 Å². The molecular formula is C24H31FN4O. The Bertz CT molecular complexity index is 880. The molecule has 2 fully saturated rings. The summed E-state index contributed by atoms with van der Waals surface area (Å²) >= 11 is 0. The van der Waals surface area contributed by atoms with E-state index >= 15 is 0 Å². The summed E-state index contributed by atoms with van der Waals surface area (Å²) in [7, 11) is 1.91. The zero-order chi connectivity index (χ0) is 21.1. The number of para-hydroxylation sites is 1. The number of nitrogens with one attached hydrogen (secondary N) is 1. The second-order valence-electron chi connectivity index (χ2n) is 8.52. The lowest BCUT2D eigenvalue weighted by Crippen LogP contribution is -2.56. The Hall–Kier alpha value is -2.60. The first-order valence-electron chi connectivity index (χ1n) is 10.8. The van der Waals surface area contributed by atoms with Crippen molar-refractivity contribution in [2.75, 3.05) is 50.1 Å². The first-order chi connectivity index (χ1) is 14.5. The number of anilines is 2. The standard InChI is InChI=1S/C24H31FN4O/c1-19-17-20(25)9-10-22(19)26-13-6-14-28-15-11-24(12-16-28)23(30)27(2)18-29(24)21-7-4-3-5-8-21/h3-5,7-10,17,26H,6,11-16,18H2,1-2H3. The van der Waals surface area contributed by atoms with Crippen molar-refractivity contribution in [2.24, 2.45) is 0 Å². The van der Waals surface area contributed by atoms with Crippen molar-refractivity contribution in [3.8, 4) is 0 Å². The van der Waals surface area contributed by atoms with Crippen LogP contribution in [-0.2, 0) is 4.79 Å². The number of halogens is 1. The zero-order valence-electron chi connectivity index (χ0n) is 17.9. The molecule has 4 rings (SSSR count). The Kier molecular flexibility index (Phi) is 5.95. The fraction of sp³-hybridized carbons (Fsp3) is 0.458. The maximum Gasteiger partial charge on any atom is 0.249 e. The van der Waals surface area contributed by atoms with E-state index in [0.717, 1.165) is 62.4 Å². The van der Waals surface area contributed by atoms with Gasteiger partial charge in [0.15, 0.2) is 0 Å². The maximum atomic E-state index is 13.2. The molecule has 0 bridgehead atoms. The van der Waals surface area contributed by atoms with E-state index in [4.69, 9.17) is 0 Å². The van der Waals surface area contributed by atoms with Gasteiger partial charge in [0.1, 0.15) is 11.4 Å². The molecule has 2 aromatic rings. The lowest BCUT2D eigenvalue weighted by molar-refractivity contribution is -0.132. The Morgan fingerprint density at radius 3 is 2.53 bits per heavy atom. The maximum absolute atomic E-state index is 13.2. The highest BCUT2D eigenvalue weighted by atomic mass is 19.1. The van der Waals surface area contributed by atoms with Gasteiger partial charge >= 0.3 is 0 Å². The molecule has 0 radical (unpaired) electrons. The predicted molar refractivity (Wildman–Crippen MR) is 119 cm³/mol. The van der Waals surface area contributed by atoms with Gasteiger partial charge in [0.2, 0.25) is 5.91 Å². The summed E-state index contributed by atoms with van der Waals surface area (Å²) in [4.78, 5) is 19.7. The van der Waals surface area contributed by atoms with Crippen molar-refractivity contribution in [1.82, 2.24) is 9.80 Å². The number of aryl methyl sites for hydroxylation is 1. The van der Waals surface area contributed by atoms with Crippen LogP contribution >= 0.6 is 0 Å². The Morgan fingerprint density at radius 1 is 1.10 bits per heavy atom. The SMILES string of the molecule is Cc1cc(F)ccc1NCCCN1CCC2(CC1)C(=O)N(C)CN2c1ccccc1. The molecule has 0 saturated carbocycles. The molecule has 0 unspecified atom stereocenters. The molecule has 1 spiro atoms. The summed E-state index contributed by atoms with van der Waals surface area (Å²) in [5.41, 5.74) is 2.64. The topological polar surface area (TPSA) is 38.8 Å². The van der Waals surface area contributed by atoms with Crippen molar-refractivity contribution in [3.63, 3.8) is 0 Å². The van der Waals surface area contributed by atoms with Gasteiger partial charge in [0.25, 0.3) is 0 Å². The van der Waals surface area contributed by atoms with Crippen LogP contribution in [-0.4, -0.2) is 61.1 Å². The fourth-order valence-corrected chi connectivity index (χ4v) is 4.80. The van der Waals surface area contributed by atoms with Crippen LogP contribution in [0.4, 0.5) is 15.8 Å². The second kappa shape index (κ2) is 8.64. The van der Waals surface area contributed by atoms with Gasteiger partial charge in [-0.3, -0.25) is 4.79 Å². The number of likely N-dealkylation sites (tertiary alicyclic amines) is 1. The summed E-state index contributed by atoms with van der Waals surface area (Å²) in [5.74, 6) is 0.0522. The summed E-state index contributed by atoms with van der Waals surface area (Å²) in [6.45, 7) is 6.29. The Balaban J connectivity index is 1.31. The lowest BCUT2D eigenvalue weighted by Gasteiger charge is -2.43. The summed E-state index contributed by atoms with van der Waals surface area (Å²) in [6, 6.07) is 15.1. The first-order valence-corrected chi connectivity index (χ1v) is 10.8. The molecule has 2 aromatic carbocycles. The van der Waals surface area contributed by atoms with Crippen LogP contribution in [0.25, 0.3) is 0 Å². The second-order valence-corrected chi connectivity index (χ2v) is 8.52. The molecule has 2 heterocycles. The van der Waals surface area contributed by atoms with Gasteiger partial charge in [-0.05, 0) is 68.6 Å². The van der Waals surface area contributed by atoms with Crippen LogP contribution in [0.3, 0.4) is 0 Å². The van der Waals surface area contributed by atoms with Gasteiger partial charge in [-0.2, -0.15) is 0 Å². The predicted octanol–water partition coefficient (Wildman–Crippen LogP) is 3.71. The molecule has 0 aromatic heterocycles. The number of hydrogen-bond donors (Lipinski definition) is 1. The number of rotatable bonds is 6. The molecule has 1 N–H and O–H groups in total. The minimum absolute atomic E-state index is 0.197. The molecule has 0 atom stereocenters. The third-order valence-corrected chi connectivity index (χ3v) is 6.52. The highest BCUT2D eigenvalue weighted by molar-refractivity contribution is 5.93. The van der Waals surface area contributed by atoms with Crippen LogP contribution < -0.4 is 10.2 Å². The highest BCUT2D eigenvalue weighted by Crippen LogP contribution is 2.38. The van der Waals surface area contributed by atoms with Crippen LogP contribution in [0.5, 0.6) is 0 Å². The van der Waals surface area contributed by atoms with E-state index in [-0.39, 0.29) is 11.7 Å². The number of carbonyl (C=O) groups excluding carboxylic acids is 1. The number of hydrogen-bond acceptors (Lipinski definition) is 4. The summed E-state index contributed by atoms with van der Waals surface area (Å²) in [6.07, 6.45) is 2.73. The molecule has 5 nitrogen and oxygen atoms in total. The smallest absolute Gasteiger partial charge is 0.249 e. The number of benzene rings is 2. The third kappa shape index (κ3) is 4.01. The Labute approximate surface area is 178 Å². The largest absolute Gasteiger partial charge is 0.385 e. The van der Waals surface area contributed by atoms with Crippen molar-refractivity contribution >= 4 is 17.3 Å². The molecule has 2 saturated heterocycles. The van der Waals surface area contributed by atoms with E-state index < -0.39 is 5.54 Å². The zero-order valence-corrected chi connectivity index (χ0v) is 17.9. The molecule has 6 heteroatoms. The molecule has 0 aliphatic carbocycles. The monoisotopic (exact) mass is 410 g/mol. The molecule has 2 aliphatic rings. The quantitative estimate of drug-likeness (QED) is 0.737. The van der Waals surface area contributed by atoms with Gasteiger partial charge < -0.3 is 20.0 Å². The number of nitrogens with zero attached hydrogens (tertiary/aromatic N) is 3. The first kappa shape index (κ1) is 20.7. The Morgan fingerprint density at radius 2 is 1.83 bits per heavy atom. The summed E-state index contributed by atoms with van der Waals surface area (Å²) < 4.78 is 13.2. The van der Waals surface area contributed by atoms with Crippen molar-refractivity contribution in [3.05, 3.63) is 59.9 Å². The molecule has 30 heavy (non-hydrogen) atoms. The summed E-state index contributed by atoms with van der Waals surface area (Å²) in [5, 5.41) is 3.41. The van der Waals surface area contributed by atoms with Gasteiger partial charge in [-0.25, -0.2) is 4.39 Å². The van der Waals surface area contributed by atoms with Gasteiger partial charge in [-0.1, -0.05) is 18.2 Å². The molecule has 160 valence electrons. The normalized spacial score (nSPS) is 19.0. The van der Waals surface area contributed by atoms with Gasteiger partial charge in [0.05, 0.1) is 6.67 Å². The van der Waals surface area contributed by atoms with Crippen LogP contribution in [0, 0.1) is 12.7 Å². The average Bonchev–Trinajstić information content (AvgIpc) is 2.99. The number of amides is 1. The third-order valence-electron chi connectivity index (χ3n) is 6.52. The van der Waals surface area contributed by atoms with E-state index in [0.29, 0.717) is 6.67 Å². The average molecular weight is 411 g/mol. The van der Waals surface area contributed by atoms with Gasteiger partial charge in [0, 0.05) is 38.1 Å². The minimum Gasteiger partial charge on any atom is -0.385 e. The van der Waals surface area contributed by atoms with E-state index in [1.807, 2.05) is 37.1 Å². The number of carbonyl (C=O) groups is 1. The van der Waals surface area contributed by atoms with E-state index in [1.54, 1.807) is 12.1 Å². The highest BCUT2D eigenvalue weighted by Gasteiger charge is 2.52. The molecule has 1 amide bonds. The van der Waals surface area contributed by atoms with E-state index in [1.165, 1.54) is 6.07 Å². The molecular weight excluding hydrogens is 379 g/mol. The van der Waals surface area contributed by atoms with Crippen LogP contribution in [0.1, 0.15) is 24.8 Å². The molecule has 2 aliphatic heterocycles. The lowest BCUT2D eigenvalue weighted by atomic mass is 9.85. The number of likely N-dealkylation sites (N-methyl/N-ethyl adjacent to an activating group) is 1. The minimum atomic E-state index is -0.407. The van der Waals surface area contributed by atoms with Crippen LogP contribution in [0.2, 0.25) is 0 Å². The van der Waals surface area contributed by atoms with Crippen molar-refractivity contribution in [1.29, 1.82) is 0 Å². The van der Waals surface area contributed by atoms with Crippen molar-refractivity contribution < 1.29 is 9.18 Å². The van der Waals surface area contributed by atoms with Crippen LogP contribution in [0.15, 0.2) is 48.5 Å². The van der Waals surface area contributed by atoms with Gasteiger partial charge in [-0.15, -0.1) is 0 Å². The van der Waals surface area contributed by atoms with Crippen molar-refractivity contribution in [2.45, 2.75) is 31.7 Å². The van der Waals surface area contributed by atoms with E-state index in [9.17, 15) is 9.18 Å².